The highest BCUT2D eigenvalue weighted by Gasteiger charge is 2.33. The molecule has 0 saturated carbocycles. The van der Waals surface area contributed by atoms with Gasteiger partial charge in [-0.15, -0.1) is 0 Å². The summed E-state index contributed by atoms with van der Waals surface area (Å²) in [6.45, 7) is 2.64. The number of halogens is 1. The van der Waals surface area contributed by atoms with Crippen LogP contribution in [0.25, 0.3) is 0 Å². The monoisotopic (exact) mass is 282 g/mol. The average Bonchev–Trinajstić information content (AvgIpc) is 2.85. The maximum Gasteiger partial charge on any atom is 0.173 e. The second kappa shape index (κ2) is 3.38. The van der Waals surface area contributed by atoms with E-state index < -0.39 is 0 Å². The van der Waals surface area contributed by atoms with Gasteiger partial charge >= 0.3 is 0 Å². The number of fused-ring (bicyclic) bond motifs is 1. The van der Waals surface area contributed by atoms with Gasteiger partial charge in [-0.05, 0) is 22.9 Å². The van der Waals surface area contributed by atoms with Gasteiger partial charge in [-0.1, -0.05) is 0 Å². The fraction of sp³-hybridized carbons (Fsp3) is 0.364. The standard InChI is InChI=1S/C11H11BrN2O2/c1-6-4-13-11(14(6)2)7-5-15-8-3-9(12)16-10(7)8/h3-4,7H,5H2,1-2H3. The summed E-state index contributed by atoms with van der Waals surface area (Å²) in [5.74, 6) is 2.76. The van der Waals surface area contributed by atoms with Gasteiger partial charge in [0.1, 0.15) is 18.3 Å². The molecule has 2 aromatic heterocycles. The highest BCUT2D eigenvalue weighted by molar-refractivity contribution is 9.10. The van der Waals surface area contributed by atoms with Crippen molar-refractivity contribution in [2.75, 3.05) is 6.61 Å². The van der Waals surface area contributed by atoms with Crippen molar-refractivity contribution in [3.05, 3.63) is 34.2 Å². The van der Waals surface area contributed by atoms with Crippen molar-refractivity contribution in [3.8, 4) is 5.75 Å². The average molecular weight is 283 g/mol. The van der Waals surface area contributed by atoms with Crippen LogP contribution in [0.3, 0.4) is 0 Å². The van der Waals surface area contributed by atoms with Crippen LogP contribution in [0.4, 0.5) is 0 Å². The molecule has 3 rings (SSSR count). The summed E-state index contributed by atoms with van der Waals surface area (Å²) in [6.07, 6.45) is 1.87. The highest BCUT2D eigenvalue weighted by atomic mass is 79.9. The zero-order valence-corrected chi connectivity index (χ0v) is 10.6. The maximum absolute atomic E-state index is 5.60. The number of aromatic nitrogens is 2. The number of hydrogen-bond donors (Lipinski definition) is 0. The second-order valence-corrected chi connectivity index (χ2v) is 4.74. The topological polar surface area (TPSA) is 40.2 Å². The molecule has 0 saturated heterocycles. The zero-order valence-electron chi connectivity index (χ0n) is 9.03. The van der Waals surface area contributed by atoms with E-state index in [0.29, 0.717) is 11.3 Å². The molecule has 0 spiro atoms. The van der Waals surface area contributed by atoms with Crippen molar-refractivity contribution in [1.29, 1.82) is 0 Å². The maximum atomic E-state index is 5.60. The van der Waals surface area contributed by atoms with Crippen molar-refractivity contribution in [2.24, 2.45) is 7.05 Å². The first kappa shape index (κ1) is 9.96. The van der Waals surface area contributed by atoms with Crippen LogP contribution in [0.5, 0.6) is 5.75 Å². The number of aryl methyl sites for hydroxylation is 1. The molecule has 3 heterocycles. The van der Waals surface area contributed by atoms with Crippen LogP contribution >= 0.6 is 15.9 Å². The quantitative estimate of drug-likeness (QED) is 0.807. The number of hydrogen-bond acceptors (Lipinski definition) is 3. The third-order valence-electron chi connectivity index (χ3n) is 2.98. The normalized spacial score (nSPS) is 18.6. The Kier molecular flexibility index (Phi) is 2.10. The third-order valence-corrected chi connectivity index (χ3v) is 3.38. The molecular weight excluding hydrogens is 272 g/mol. The summed E-state index contributed by atoms with van der Waals surface area (Å²) >= 11 is 3.31. The van der Waals surface area contributed by atoms with Crippen LogP contribution in [0.2, 0.25) is 0 Å². The molecule has 1 aliphatic rings. The number of nitrogens with zero attached hydrogens (tertiary/aromatic N) is 2. The molecule has 0 N–H and O–H groups in total. The SMILES string of the molecule is Cc1cnc(C2COc3cc(Br)oc32)n1C. The minimum atomic E-state index is 0.0972. The van der Waals surface area contributed by atoms with E-state index in [0.717, 1.165) is 23.0 Å². The highest BCUT2D eigenvalue weighted by Crippen LogP contribution is 2.41. The largest absolute Gasteiger partial charge is 0.489 e. The van der Waals surface area contributed by atoms with Gasteiger partial charge in [-0.2, -0.15) is 0 Å². The van der Waals surface area contributed by atoms with Crippen molar-refractivity contribution >= 4 is 15.9 Å². The van der Waals surface area contributed by atoms with Crippen LogP contribution in [0.15, 0.2) is 21.3 Å². The fourth-order valence-corrected chi connectivity index (χ4v) is 2.37. The molecule has 0 radical (unpaired) electrons. The summed E-state index contributed by atoms with van der Waals surface area (Å²) in [4.78, 5) is 4.41. The molecule has 1 unspecified atom stereocenters. The van der Waals surface area contributed by atoms with Crippen molar-refractivity contribution < 1.29 is 9.15 Å². The Hall–Kier alpha value is -1.23. The molecule has 1 aliphatic heterocycles. The first-order chi connectivity index (χ1) is 7.66. The number of furan rings is 1. The Morgan fingerprint density at radius 1 is 1.56 bits per heavy atom. The van der Waals surface area contributed by atoms with Crippen molar-refractivity contribution in [2.45, 2.75) is 12.8 Å². The van der Waals surface area contributed by atoms with Crippen LogP contribution in [0.1, 0.15) is 23.2 Å². The Balaban J connectivity index is 2.07. The molecule has 84 valence electrons. The predicted molar refractivity (Wildman–Crippen MR) is 61.7 cm³/mol. The molecular formula is C11H11BrN2O2. The molecule has 1 atom stereocenters. The molecule has 16 heavy (non-hydrogen) atoms. The molecule has 0 aliphatic carbocycles. The van der Waals surface area contributed by atoms with E-state index in [1.807, 2.05) is 26.2 Å². The van der Waals surface area contributed by atoms with Gasteiger partial charge in [-0.3, -0.25) is 0 Å². The Labute approximate surface area is 101 Å². The van der Waals surface area contributed by atoms with Crippen molar-refractivity contribution in [1.82, 2.24) is 9.55 Å². The lowest BCUT2D eigenvalue weighted by atomic mass is 10.1. The van der Waals surface area contributed by atoms with E-state index in [4.69, 9.17) is 9.15 Å². The van der Waals surface area contributed by atoms with Gasteiger partial charge in [0.15, 0.2) is 16.2 Å². The van der Waals surface area contributed by atoms with Gasteiger partial charge in [-0.25, -0.2) is 4.98 Å². The smallest absolute Gasteiger partial charge is 0.173 e. The van der Waals surface area contributed by atoms with E-state index in [1.54, 1.807) is 0 Å². The number of rotatable bonds is 1. The van der Waals surface area contributed by atoms with E-state index in [-0.39, 0.29) is 5.92 Å². The lowest BCUT2D eigenvalue weighted by Crippen LogP contribution is -2.10. The Bertz CT molecular complexity index is 544. The first-order valence-corrected chi connectivity index (χ1v) is 5.86. The summed E-state index contributed by atoms with van der Waals surface area (Å²) in [5, 5.41) is 0. The van der Waals surface area contributed by atoms with Crippen LogP contribution in [-0.4, -0.2) is 16.2 Å². The van der Waals surface area contributed by atoms with Gasteiger partial charge < -0.3 is 13.7 Å². The third kappa shape index (κ3) is 1.31. The van der Waals surface area contributed by atoms with E-state index in [9.17, 15) is 0 Å². The minimum Gasteiger partial charge on any atom is -0.489 e. The van der Waals surface area contributed by atoms with Crippen LogP contribution in [-0.2, 0) is 7.05 Å². The molecule has 0 aromatic carbocycles. The van der Waals surface area contributed by atoms with E-state index in [1.165, 1.54) is 0 Å². The summed E-state index contributed by atoms with van der Waals surface area (Å²) in [7, 11) is 2.01. The summed E-state index contributed by atoms with van der Waals surface area (Å²) in [5.41, 5.74) is 1.13. The molecule has 0 amide bonds. The fourth-order valence-electron chi connectivity index (χ4n) is 1.99. The van der Waals surface area contributed by atoms with Crippen LogP contribution in [0, 0.1) is 6.92 Å². The number of ether oxygens (including phenoxy) is 1. The van der Waals surface area contributed by atoms with Gasteiger partial charge in [0.05, 0.1) is 0 Å². The Morgan fingerprint density at radius 3 is 3.06 bits per heavy atom. The molecule has 5 heteroatoms. The van der Waals surface area contributed by atoms with Crippen LogP contribution < -0.4 is 4.74 Å². The molecule has 0 fully saturated rings. The predicted octanol–water partition coefficient (Wildman–Crippen LogP) is 2.61. The zero-order chi connectivity index (χ0) is 11.3. The molecule has 0 bridgehead atoms. The lowest BCUT2D eigenvalue weighted by molar-refractivity contribution is 0.333. The Morgan fingerprint density at radius 2 is 2.38 bits per heavy atom. The number of imidazole rings is 1. The summed E-state index contributed by atoms with van der Waals surface area (Å²) in [6, 6.07) is 1.85. The van der Waals surface area contributed by atoms with E-state index in [2.05, 4.69) is 25.5 Å². The van der Waals surface area contributed by atoms with Gasteiger partial charge in [0.2, 0.25) is 0 Å². The summed E-state index contributed by atoms with van der Waals surface area (Å²) < 4.78 is 13.9. The first-order valence-electron chi connectivity index (χ1n) is 5.07. The lowest BCUT2D eigenvalue weighted by Gasteiger charge is -2.08. The van der Waals surface area contributed by atoms with Gasteiger partial charge in [0.25, 0.3) is 0 Å². The van der Waals surface area contributed by atoms with E-state index >= 15 is 0 Å². The van der Waals surface area contributed by atoms with Crippen molar-refractivity contribution in [3.63, 3.8) is 0 Å². The molecule has 2 aromatic rings. The minimum absolute atomic E-state index is 0.0972. The second-order valence-electron chi connectivity index (χ2n) is 3.96. The van der Waals surface area contributed by atoms with Gasteiger partial charge in [0, 0.05) is 25.0 Å². The molecule has 4 nitrogen and oxygen atoms in total.